The number of carbonyl (C=O) groups is 6. The predicted molar refractivity (Wildman–Crippen MR) is 313 cm³/mol. The highest BCUT2D eigenvalue weighted by molar-refractivity contribution is 5.92. The number of nitrogens with one attached hydrogen (secondary N) is 4. The lowest BCUT2D eigenvalue weighted by molar-refractivity contribution is -0.160. The Kier molecular flexibility index (Phi) is 55.2. The summed E-state index contributed by atoms with van der Waals surface area (Å²) in [5, 5.41) is 29.3. The van der Waals surface area contributed by atoms with Crippen LogP contribution in [0.4, 0.5) is 0 Å². The van der Waals surface area contributed by atoms with Gasteiger partial charge in [0.1, 0.15) is 19.3 Å². The molecule has 16 heteroatoms. The molecule has 0 aliphatic carbocycles. The molecule has 0 aliphatic rings. The van der Waals surface area contributed by atoms with Crippen LogP contribution in [0.5, 0.6) is 0 Å². The third-order valence-electron chi connectivity index (χ3n) is 13.9. The summed E-state index contributed by atoms with van der Waals surface area (Å²) in [6.45, 7) is 23.3. The van der Waals surface area contributed by atoms with Crippen LogP contribution in [0, 0.1) is 22.7 Å². The first kappa shape index (κ1) is 77.9. The lowest BCUT2D eigenvalue weighted by Crippen LogP contribution is -2.54. The average molecular weight is 1100 g/mol. The molecular weight excluding hydrogens is 981 g/mol. The zero-order chi connectivity index (χ0) is 58.4. The molecule has 16 nitrogen and oxygen atoms in total. The second kappa shape index (κ2) is 54.6. The van der Waals surface area contributed by atoms with Gasteiger partial charge in [-0.25, -0.2) is 4.79 Å². The Morgan fingerprint density at radius 1 is 0.416 bits per heavy atom. The Bertz CT molecular complexity index is 1430. The number of carboxylic acid groups (broad SMARTS) is 2. The molecule has 1 atom stereocenters. The second-order valence-electron chi connectivity index (χ2n) is 22.3. The average Bonchev–Trinajstić information content (AvgIpc) is 3.38. The minimum atomic E-state index is -1.46. The van der Waals surface area contributed by atoms with E-state index in [2.05, 4.69) is 55.9 Å². The molecule has 0 bridgehead atoms. The Morgan fingerprint density at radius 3 is 1.12 bits per heavy atom. The lowest BCUT2D eigenvalue weighted by atomic mass is 9.67. The smallest absolute Gasteiger partial charge is 0.326 e. The Balaban J connectivity index is -0.00000169. The normalized spacial score (nSPS) is 11.8. The Labute approximate surface area is 470 Å². The van der Waals surface area contributed by atoms with Crippen LogP contribution in [0.3, 0.4) is 0 Å². The molecule has 0 aliphatic heterocycles. The molecule has 0 aromatic carbocycles. The maximum absolute atomic E-state index is 12.7. The van der Waals surface area contributed by atoms with Gasteiger partial charge in [0.15, 0.2) is 0 Å². The summed E-state index contributed by atoms with van der Waals surface area (Å²) in [5.74, 6) is -2.57. The maximum Gasteiger partial charge on any atom is 0.326 e. The van der Waals surface area contributed by atoms with Crippen molar-refractivity contribution < 1.29 is 57.9 Å². The molecule has 0 radical (unpaired) electrons. The van der Waals surface area contributed by atoms with Crippen LogP contribution in [-0.4, -0.2) is 124 Å². The van der Waals surface area contributed by atoms with E-state index >= 15 is 0 Å². The molecule has 0 saturated carbocycles. The fraction of sp³-hybridized carbons (Fsp3) is 0.902. The highest BCUT2D eigenvalue weighted by Crippen LogP contribution is 2.39. The van der Waals surface area contributed by atoms with Gasteiger partial charge in [-0.05, 0) is 52.4 Å². The molecule has 0 aromatic rings. The number of amides is 4. The first-order valence-electron chi connectivity index (χ1n) is 30.7. The summed E-state index contributed by atoms with van der Waals surface area (Å²) < 4.78 is 21.3. The van der Waals surface area contributed by atoms with Gasteiger partial charge in [-0.3, -0.25) is 24.0 Å². The standard InChI is InChI=1S/C34H62N4O12.C25H52.C2H6/c1-25(2)11-9-7-8-10-14-35-28(40)23-49-21-20-48-18-16-37-29(41)24-50-22-19-47-17-15-36-27(39)13-12-26(30(42)43)38-31(44)33(3,4)34(5,6)32(45)46;1-4-5-6-7-8-9-10-11-12-13-14-15-16-17-18-19-20-21-22-23-24-25(2)3;1-2/h25-26H,7-24H2,1-6H3,(H,35,40)(H,36,39)(H,37,41)(H,38,44)(H,42,43)(H,45,46);25H,4-24H2,1-3H3;1-2H3. The van der Waals surface area contributed by atoms with Crippen molar-refractivity contribution in [1.29, 1.82) is 0 Å². The van der Waals surface area contributed by atoms with Gasteiger partial charge in [-0.2, -0.15) is 0 Å². The van der Waals surface area contributed by atoms with E-state index in [4.69, 9.17) is 18.9 Å². The van der Waals surface area contributed by atoms with Gasteiger partial charge in [0.05, 0.1) is 50.5 Å². The quantitative estimate of drug-likeness (QED) is 0.0313. The topological polar surface area (TPSA) is 228 Å². The van der Waals surface area contributed by atoms with Crippen LogP contribution in [0.15, 0.2) is 0 Å². The number of hydrogen-bond acceptors (Lipinski definition) is 10. The molecule has 4 amide bonds. The van der Waals surface area contributed by atoms with Crippen LogP contribution in [0.1, 0.15) is 256 Å². The summed E-state index contributed by atoms with van der Waals surface area (Å²) in [4.78, 5) is 71.6. The fourth-order valence-corrected chi connectivity index (χ4v) is 7.97. The number of aliphatic carboxylic acids is 2. The SMILES string of the molecule is CC.CC(C)CCCCCCNC(=O)COCCOCCNC(=O)COCCOCCNC(=O)CCC(NC(=O)C(C)(C)C(C)(C)C(=O)O)C(=O)O.CCCCCCCCCCCCCCCCCCCCCCC(C)C. The zero-order valence-corrected chi connectivity index (χ0v) is 51.3. The van der Waals surface area contributed by atoms with E-state index in [9.17, 15) is 39.0 Å². The molecule has 0 rings (SSSR count). The van der Waals surface area contributed by atoms with E-state index < -0.39 is 40.6 Å². The summed E-state index contributed by atoms with van der Waals surface area (Å²) in [6, 6.07) is -1.37. The molecule has 0 heterocycles. The van der Waals surface area contributed by atoms with Crippen molar-refractivity contribution in [3.63, 3.8) is 0 Å². The minimum Gasteiger partial charge on any atom is -0.481 e. The number of carboxylic acids is 2. The van der Waals surface area contributed by atoms with Crippen LogP contribution >= 0.6 is 0 Å². The van der Waals surface area contributed by atoms with Crippen molar-refractivity contribution in [2.75, 3.05) is 72.5 Å². The number of carbonyl (C=O) groups excluding carboxylic acids is 4. The van der Waals surface area contributed by atoms with E-state index in [-0.39, 0.29) is 84.0 Å². The number of hydrogen-bond donors (Lipinski definition) is 6. The van der Waals surface area contributed by atoms with Gasteiger partial charge in [-0.15, -0.1) is 0 Å². The molecule has 456 valence electrons. The molecule has 0 saturated heterocycles. The lowest BCUT2D eigenvalue weighted by Gasteiger charge is -2.37. The highest BCUT2D eigenvalue weighted by Gasteiger charge is 2.49. The minimum absolute atomic E-state index is 0.0161. The summed E-state index contributed by atoms with van der Waals surface area (Å²) in [7, 11) is 0. The fourth-order valence-electron chi connectivity index (χ4n) is 7.97. The molecule has 77 heavy (non-hydrogen) atoms. The first-order chi connectivity index (χ1) is 36.8. The van der Waals surface area contributed by atoms with E-state index in [0.717, 1.165) is 24.7 Å². The monoisotopic (exact) mass is 1100 g/mol. The molecule has 0 spiro atoms. The van der Waals surface area contributed by atoms with Gasteiger partial charge in [0, 0.05) is 26.1 Å². The van der Waals surface area contributed by atoms with E-state index in [0.29, 0.717) is 13.2 Å². The van der Waals surface area contributed by atoms with Gasteiger partial charge < -0.3 is 50.4 Å². The van der Waals surface area contributed by atoms with Crippen LogP contribution < -0.4 is 21.3 Å². The zero-order valence-electron chi connectivity index (χ0n) is 51.3. The summed E-state index contributed by atoms with van der Waals surface area (Å²) in [6.07, 6.45) is 36.3. The van der Waals surface area contributed by atoms with E-state index in [1.165, 1.54) is 182 Å². The highest BCUT2D eigenvalue weighted by atomic mass is 16.5. The Morgan fingerprint density at radius 2 is 0.753 bits per heavy atom. The van der Waals surface area contributed by atoms with Gasteiger partial charge in [0.2, 0.25) is 23.6 Å². The van der Waals surface area contributed by atoms with Gasteiger partial charge in [0.25, 0.3) is 0 Å². The maximum atomic E-state index is 12.7. The van der Waals surface area contributed by atoms with Crippen LogP contribution in [0.2, 0.25) is 0 Å². The van der Waals surface area contributed by atoms with Crippen molar-refractivity contribution in [2.45, 2.75) is 262 Å². The number of rotatable bonds is 52. The van der Waals surface area contributed by atoms with Crippen molar-refractivity contribution >= 4 is 35.6 Å². The molecule has 1 unspecified atom stereocenters. The van der Waals surface area contributed by atoms with Crippen molar-refractivity contribution in [1.82, 2.24) is 21.3 Å². The van der Waals surface area contributed by atoms with Gasteiger partial charge in [-0.1, -0.05) is 209 Å². The third-order valence-corrected chi connectivity index (χ3v) is 13.9. The van der Waals surface area contributed by atoms with Crippen molar-refractivity contribution in [2.24, 2.45) is 22.7 Å². The third kappa shape index (κ3) is 50.6. The predicted octanol–water partition coefficient (Wildman–Crippen LogP) is 12.4. The summed E-state index contributed by atoms with van der Waals surface area (Å²) in [5.41, 5.74) is -2.88. The van der Waals surface area contributed by atoms with Crippen molar-refractivity contribution in [3.05, 3.63) is 0 Å². The summed E-state index contributed by atoms with van der Waals surface area (Å²) >= 11 is 0. The largest absolute Gasteiger partial charge is 0.481 e. The van der Waals surface area contributed by atoms with Crippen molar-refractivity contribution in [3.8, 4) is 0 Å². The van der Waals surface area contributed by atoms with Gasteiger partial charge >= 0.3 is 11.9 Å². The van der Waals surface area contributed by atoms with Crippen LogP contribution in [-0.2, 0) is 47.7 Å². The van der Waals surface area contributed by atoms with Crippen LogP contribution in [0.25, 0.3) is 0 Å². The Hall–Kier alpha value is -3.34. The second-order valence-corrected chi connectivity index (χ2v) is 22.3. The molecular formula is C61H120N4O12. The van der Waals surface area contributed by atoms with E-state index in [1.54, 1.807) is 0 Å². The molecule has 0 fully saturated rings. The van der Waals surface area contributed by atoms with E-state index in [1.807, 2.05) is 13.8 Å². The first-order valence-corrected chi connectivity index (χ1v) is 30.7. The molecule has 6 N–H and O–H groups in total. The number of ether oxygens (including phenoxy) is 4. The number of unbranched alkanes of at least 4 members (excludes halogenated alkanes) is 22. The molecule has 0 aromatic heterocycles.